The van der Waals surface area contributed by atoms with Crippen LogP contribution in [-0.4, -0.2) is 0 Å². The Kier molecular flexibility index (Phi) is 3.62. The van der Waals surface area contributed by atoms with Gasteiger partial charge >= 0.3 is 0 Å². The maximum absolute atomic E-state index is 4.32. The topological polar surface area (TPSA) is 0 Å². The van der Waals surface area contributed by atoms with E-state index in [1.54, 1.807) is 0 Å². The lowest BCUT2D eigenvalue weighted by atomic mass is 10.2. The van der Waals surface area contributed by atoms with Crippen LogP contribution in [0.5, 0.6) is 0 Å². The number of hydrogen-bond acceptors (Lipinski definition) is 3. The SMILES string of the molecule is CC=Cc1c(S)cc(S)cc1S. The second kappa shape index (κ2) is 4.30. The molecule has 0 spiro atoms. The molecule has 0 bridgehead atoms. The van der Waals surface area contributed by atoms with E-state index in [1.807, 2.05) is 31.2 Å². The predicted molar refractivity (Wildman–Crippen MR) is 62.9 cm³/mol. The highest BCUT2D eigenvalue weighted by atomic mass is 32.1. The smallest absolute Gasteiger partial charge is 0.0135 e. The molecule has 0 unspecified atom stereocenters. The molecule has 0 aromatic heterocycles. The van der Waals surface area contributed by atoms with Gasteiger partial charge in [0.15, 0.2) is 0 Å². The fourth-order valence-corrected chi connectivity index (χ4v) is 2.16. The Morgan fingerprint density at radius 1 is 1.08 bits per heavy atom. The van der Waals surface area contributed by atoms with Crippen LogP contribution < -0.4 is 0 Å². The van der Waals surface area contributed by atoms with Crippen molar-refractivity contribution in [3.8, 4) is 0 Å². The van der Waals surface area contributed by atoms with E-state index in [4.69, 9.17) is 0 Å². The molecular formula is C9H10S3. The van der Waals surface area contributed by atoms with Gasteiger partial charge in [-0.25, -0.2) is 0 Å². The molecule has 1 aromatic rings. The first-order valence-corrected chi connectivity index (χ1v) is 4.87. The Balaban J connectivity index is 3.28. The molecule has 0 saturated carbocycles. The fraction of sp³-hybridized carbons (Fsp3) is 0.111. The van der Waals surface area contributed by atoms with E-state index in [9.17, 15) is 0 Å². The third-order valence-corrected chi connectivity index (χ3v) is 2.45. The number of thiol groups is 3. The Morgan fingerprint density at radius 2 is 1.58 bits per heavy atom. The van der Waals surface area contributed by atoms with Crippen molar-refractivity contribution in [1.29, 1.82) is 0 Å². The molecule has 64 valence electrons. The maximum atomic E-state index is 4.32. The summed E-state index contributed by atoms with van der Waals surface area (Å²) in [5.74, 6) is 0. The van der Waals surface area contributed by atoms with Gasteiger partial charge < -0.3 is 0 Å². The first-order valence-electron chi connectivity index (χ1n) is 3.52. The van der Waals surface area contributed by atoms with Gasteiger partial charge in [-0.15, -0.1) is 37.9 Å². The van der Waals surface area contributed by atoms with E-state index in [-0.39, 0.29) is 0 Å². The van der Waals surface area contributed by atoms with E-state index in [2.05, 4.69) is 37.9 Å². The van der Waals surface area contributed by atoms with Crippen LogP contribution in [0.2, 0.25) is 0 Å². The van der Waals surface area contributed by atoms with Crippen LogP contribution in [-0.2, 0) is 0 Å². The van der Waals surface area contributed by atoms with Gasteiger partial charge in [-0.3, -0.25) is 0 Å². The first kappa shape index (κ1) is 10.1. The zero-order chi connectivity index (χ0) is 9.14. The number of hydrogen-bond donors (Lipinski definition) is 3. The lowest BCUT2D eigenvalue weighted by molar-refractivity contribution is 1.22. The summed E-state index contributed by atoms with van der Waals surface area (Å²) in [5, 5.41) is 0. The van der Waals surface area contributed by atoms with E-state index in [0.29, 0.717) is 0 Å². The van der Waals surface area contributed by atoms with Crippen molar-refractivity contribution in [2.24, 2.45) is 0 Å². The highest BCUT2D eigenvalue weighted by molar-refractivity contribution is 7.82. The molecule has 1 aromatic carbocycles. The van der Waals surface area contributed by atoms with Gasteiger partial charge in [0, 0.05) is 20.2 Å². The van der Waals surface area contributed by atoms with Crippen molar-refractivity contribution < 1.29 is 0 Å². The summed E-state index contributed by atoms with van der Waals surface area (Å²) in [4.78, 5) is 2.70. The van der Waals surface area contributed by atoms with E-state index in [0.717, 1.165) is 20.2 Å². The highest BCUT2D eigenvalue weighted by Crippen LogP contribution is 2.26. The van der Waals surface area contributed by atoms with Crippen LogP contribution in [0, 0.1) is 0 Å². The average Bonchev–Trinajstić information content (AvgIpc) is 1.96. The van der Waals surface area contributed by atoms with Crippen molar-refractivity contribution in [1.82, 2.24) is 0 Å². The zero-order valence-electron chi connectivity index (χ0n) is 6.65. The molecule has 0 N–H and O–H groups in total. The molecular weight excluding hydrogens is 204 g/mol. The summed E-state index contributed by atoms with van der Waals surface area (Å²) in [5.41, 5.74) is 1.04. The molecule has 0 fully saturated rings. The molecule has 0 amide bonds. The van der Waals surface area contributed by atoms with Crippen molar-refractivity contribution in [2.75, 3.05) is 0 Å². The first-order chi connectivity index (χ1) is 5.65. The molecule has 1 rings (SSSR count). The van der Waals surface area contributed by atoms with Gasteiger partial charge in [-0.2, -0.15) is 0 Å². The summed E-state index contributed by atoms with van der Waals surface area (Å²) in [6, 6.07) is 3.81. The van der Waals surface area contributed by atoms with E-state index < -0.39 is 0 Å². The van der Waals surface area contributed by atoms with E-state index in [1.165, 1.54) is 0 Å². The molecule has 0 radical (unpaired) electrons. The summed E-state index contributed by atoms with van der Waals surface area (Å²) in [6.45, 7) is 1.97. The summed E-state index contributed by atoms with van der Waals surface area (Å²) in [6.07, 6.45) is 3.95. The van der Waals surface area contributed by atoms with Crippen molar-refractivity contribution in [2.45, 2.75) is 21.6 Å². The van der Waals surface area contributed by atoms with Crippen LogP contribution in [0.4, 0.5) is 0 Å². The normalized spacial score (nSPS) is 11.0. The van der Waals surface area contributed by atoms with Crippen LogP contribution in [0.25, 0.3) is 6.08 Å². The Hall–Kier alpha value is 0.01000. The molecule has 0 atom stereocenters. The van der Waals surface area contributed by atoms with E-state index >= 15 is 0 Å². The van der Waals surface area contributed by atoms with Crippen molar-refractivity contribution in [3.05, 3.63) is 23.8 Å². The van der Waals surface area contributed by atoms with Crippen LogP contribution in [0.15, 0.2) is 32.9 Å². The fourth-order valence-electron chi connectivity index (χ4n) is 0.946. The van der Waals surface area contributed by atoms with Gasteiger partial charge in [0.05, 0.1) is 0 Å². The van der Waals surface area contributed by atoms with Gasteiger partial charge in [-0.1, -0.05) is 12.2 Å². The summed E-state index contributed by atoms with van der Waals surface area (Å²) in [7, 11) is 0. The Bertz CT molecular complexity index is 293. The van der Waals surface area contributed by atoms with Crippen molar-refractivity contribution in [3.63, 3.8) is 0 Å². The Morgan fingerprint density at radius 3 is 2.00 bits per heavy atom. The molecule has 0 saturated heterocycles. The second-order valence-corrected chi connectivity index (χ2v) is 3.88. The summed E-state index contributed by atoms with van der Waals surface area (Å²) < 4.78 is 0. The number of benzene rings is 1. The molecule has 0 aliphatic heterocycles. The van der Waals surface area contributed by atoms with Crippen LogP contribution >= 0.6 is 37.9 Å². The minimum atomic E-state index is 0.887. The van der Waals surface area contributed by atoms with Gasteiger partial charge in [0.25, 0.3) is 0 Å². The van der Waals surface area contributed by atoms with Gasteiger partial charge in [-0.05, 0) is 19.1 Å². The third-order valence-electron chi connectivity index (χ3n) is 1.45. The predicted octanol–water partition coefficient (Wildman–Crippen LogP) is 3.59. The number of allylic oxidation sites excluding steroid dienone is 1. The minimum Gasteiger partial charge on any atom is -0.143 e. The third kappa shape index (κ3) is 2.25. The molecule has 0 aliphatic carbocycles. The maximum Gasteiger partial charge on any atom is 0.0135 e. The van der Waals surface area contributed by atoms with Gasteiger partial charge in [0.2, 0.25) is 0 Å². The monoisotopic (exact) mass is 214 g/mol. The van der Waals surface area contributed by atoms with Crippen molar-refractivity contribution >= 4 is 44.0 Å². The lowest BCUT2D eigenvalue weighted by Crippen LogP contribution is -1.80. The van der Waals surface area contributed by atoms with Crippen LogP contribution in [0.3, 0.4) is 0 Å². The van der Waals surface area contributed by atoms with Gasteiger partial charge in [0.1, 0.15) is 0 Å². The Labute approximate surface area is 89.3 Å². The second-order valence-electron chi connectivity index (χ2n) is 2.40. The highest BCUT2D eigenvalue weighted by Gasteiger charge is 2.00. The molecule has 12 heavy (non-hydrogen) atoms. The minimum absolute atomic E-state index is 0.887. The largest absolute Gasteiger partial charge is 0.143 e. The molecule has 0 aliphatic rings. The zero-order valence-corrected chi connectivity index (χ0v) is 9.33. The standard InChI is InChI=1S/C9H10S3/c1-2-3-7-8(11)4-6(10)5-9(7)12/h2-5,10-12H,1H3. The lowest BCUT2D eigenvalue weighted by Gasteiger charge is -2.04. The quantitative estimate of drug-likeness (QED) is 0.585. The molecule has 3 heteroatoms. The van der Waals surface area contributed by atoms with Crippen LogP contribution in [0.1, 0.15) is 12.5 Å². The average molecular weight is 214 g/mol. The summed E-state index contributed by atoms with van der Waals surface area (Å²) >= 11 is 12.9. The molecule has 0 nitrogen and oxygen atoms in total. The molecule has 0 heterocycles. The number of rotatable bonds is 1.